The number of rotatable bonds is 3. The summed E-state index contributed by atoms with van der Waals surface area (Å²) >= 11 is 7.11. The van der Waals surface area contributed by atoms with E-state index in [0.717, 1.165) is 6.42 Å². The Hall–Kier alpha value is -2.51. The van der Waals surface area contributed by atoms with Gasteiger partial charge in [0.25, 0.3) is 5.91 Å². The number of hydrogen-bond acceptors (Lipinski definition) is 4. The molecule has 1 N–H and O–H groups in total. The SMILES string of the molecule is O=C(Nc1nc2ccc(F)cc2s1)[C@@H]1CCCN(C(=O)c2ccc(Cl)cc2)C1. The third-order valence-corrected chi connectivity index (χ3v) is 5.94. The minimum absolute atomic E-state index is 0.107. The van der Waals surface area contributed by atoms with Crippen LogP contribution in [-0.4, -0.2) is 34.8 Å². The fraction of sp³-hybridized carbons (Fsp3) is 0.250. The number of anilines is 1. The number of halogens is 2. The van der Waals surface area contributed by atoms with Crippen molar-refractivity contribution < 1.29 is 14.0 Å². The Morgan fingerprint density at radius 2 is 2.00 bits per heavy atom. The fourth-order valence-corrected chi connectivity index (χ4v) is 4.33. The van der Waals surface area contributed by atoms with Crippen molar-refractivity contribution >= 4 is 50.1 Å². The van der Waals surface area contributed by atoms with Gasteiger partial charge in [0, 0.05) is 23.7 Å². The van der Waals surface area contributed by atoms with Gasteiger partial charge in [0.15, 0.2) is 5.13 Å². The highest BCUT2D eigenvalue weighted by Crippen LogP contribution is 2.28. The maximum atomic E-state index is 13.3. The molecule has 0 spiro atoms. The molecule has 1 aliphatic rings. The van der Waals surface area contributed by atoms with Gasteiger partial charge in [-0.1, -0.05) is 22.9 Å². The predicted octanol–water partition coefficient (Wildman–Crippen LogP) is 4.58. The molecule has 28 heavy (non-hydrogen) atoms. The largest absolute Gasteiger partial charge is 0.338 e. The zero-order valence-electron chi connectivity index (χ0n) is 14.8. The molecule has 0 unspecified atom stereocenters. The minimum Gasteiger partial charge on any atom is -0.338 e. The molecule has 2 amide bonds. The molecule has 1 atom stereocenters. The van der Waals surface area contributed by atoms with Crippen LogP contribution in [0.3, 0.4) is 0 Å². The molecule has 1 aliphatic heterocycles. The fourth-order valence-electron chi connectivity index (χ4n) is 3.31. The second-order valence-electron chi connectivity index (χ2n) is 6.72. The number of carbonyl (C=O) groups is 2. The summed E-state index contributed by atoms with van der Waals surface area (Å²) in [5.74, 6) is -0.927. The Labute approximate surface area is 170 Å². The summed E-state index contributed by atoms with van der Waals surface area (Å²) in [6, 6.07) is 11.1. The number of carbonyl (C=O) groups excluding carboxylic acids is 2. The summed E-state index contributed by atoms with van der Waals surface area (Å²) in [6.45, 7) is 0.971. The molecular formula is C20H17ClFN3O2S. The van der Waals surface area contributed by atoms with Gasteiger partial charge in [0.05, 0.1) is 16.1 Å². The molecule has 1 aromatic heterocycles. The molecule has 3 aromatic rings. The first-order chi connectivity index (χ1) is 13.5. The highest BCUT2D eigenvalue weighted by atomic mass is 35.5. The second kappa shape index (κ2) is 7.85. The molecule has 0 saturated carbocycles. The van der Waals surface area contributed by atoms with Crippen LogP contribution in [0.15, 0.2) is 42.5 Å². The Bertz CT molecular complexity index is 1040. The molecule has 2 aromatic carbocycles. The van der Waals surface area contributed by atoms with Crippen molar-refractivity contribution in [2.45, 2.75) is 12.8 Å². The van der Waals surface area contributed by atoms with E-state index < -0.39 is 0 Å². The van der Waals surface area contributed by atoms with Gasteiger partial charge < -0.3 is 10.2 Å². The lowest BCUT2D eigenvalue weighted by Gasteiger charge is -2.32. The van der Waals surface area contributed by atoms with E-state index in [1.165, 1.54) is 23.5 Å². The van der Waals surface area contributed by atoms with E-state index in [0.29, 0.717) is 45.4 Å². The number of amides is 2. The van der Waals surface area contributed by atoms with E-state index in [-0.39, 0.29) is 23.5 Å². The molecule has 5 nitrogen and oxygen atoms in total. The van der Waals surface area contributed by atoms with Crippen LogP contribution < -0.4 is 5.32 Å². The Morgan fingerprint density at radius 1 is 1.21 bits per heavy atom. The van der Waals surface area contributed by atoms with Gasteiger partial charge in [-0.25, -0.2) is 9.37 Å². The average Bonchev–Trinajstić information content (AvgIpc) is 3.09. The Morgan fingerprint density at radius 3 is 2.79 bits per heavy atom. The van der Waals surface area contributed by atoms with Crippen molar-refractivity contribution in [2.75, 3.05) is 18.4 Å². The number of nitrogens with zero attached hydrogens (tertiary/aromatic N) is 2. The van der Waals surface area contributed by atoms with Crippen molar-refractivity contribution in [2.24, 2.45) is 5.92 Å². The number of aromatic nitrogens is 1. The van der Waals surface area contributed by atoms with Gasteiger partial charge in [-0.3, -0.25) is 9.59 Å². The van der Waals surface area contributed by atoms with Crippen molar-refractivity contribution in [3.05, 3.63) is 58.9 Å². The minimum atomic E-state index is -0.335. The smallest absolute Gasteiger partial charge is 0.253 e. The number of nitrogens with one attached hydrogen (secondary N) is 1. The van der Waals surface area contributed by atoms with E-state index in [1.54, 1.807) is 35.2 Å². The first kappa shape index (κ1) is 18.8. The normalized spacial score (nSPS) is 16.9. The van der Waals surface area contributed by atoms with E-state index in [1.807, 2.05) is 0 Å². The number of benzene rings is 2. The lowest BCUT2D eigenvalue weighted by molar-refractivity contribution is -0.121. The highest BCUT2D eigenvalue weighted by Gasteiger charge is 2.29. The van der Waals surface area contributed by atoms with Crippen molar-refractivity contribution in [3.63, 3.8) is 0 Å². The van der Waals surface area contributed by atoms with Crippen molar-refractivity contribution in [1.82, 2.24) is 9.88 Å². The molecule has 0 radical (unpaired) electrons. The van der Waals surface area contributed by atoms with Gasteiger partial charge in [-0.05, 0) is 55.3 Å². The molecule has 4 rings (SSSR count). The van der Waals surface area contributed by atoms with Crippen LogP contribution in [0.1, 0.15) is 23.2 Å². The van der Waals surface area contributed by atoms with Crippen LogP contribution in [0.4, 0.5) is 9.52 Å². The van der Waals surface area contributed by atoms with Crippen molar-refractivity contribution in [1.29, 1.82) is 0 Å². The van der Waals surface area contributed by atoms with Crippen LogP contribution in [-0.2, 0) is 4.79 Å². The quantitative estimate of drug-likeness (QED) is 0.678. The van der Waals surface area contributed by atoms with Crippen LogP contribution >= 0.6 is 22.9 Å². The lowest BCUT2D eigenvalue weighted by Crippen LogP contribution is -2.43. The lowest BCUT2D eigenvalue weighted by atomic mass is 9.96. The average molecular weight is 418 g/mol. The molecule has 1 saturated heterocycles. The molecule has 0 aliphatic carbocycles. The molecular weight excluding hydrogens is 401 g/mol. The number of piperidine rings is 1. The van der Waals surface area contributed by atoms with Crippen LogP contribution in [0.25, 0.3) is 10.2 Å². The number of thiazole rings is 1. The van der Waals surface area contributed by atoms with Gasteiger partial charge in [0.1, 0.15) is 5.82 Å². The highest BCUT2D eigenvalue weighted by molar-refractivity contribution is 7.22. The summed E-state index contributed by atoms with van der Waals surface area (Å²) in [7, 11) is 0. The maximum Gasteiger partial charge on any atom is 0.253 e. The first-order valence-corrected chi connectivity index (χ1v) is 10.1. The second-order valence-corrected chi connectivity index (χ2v) is 8.18. The topological polar surface area (TPSA) is 62.3 Å². The molecule has 1 fully saturated rings. The zero-order valence-corrected chi connectivity index (χ0v) is 16.4. The van der Waals surface area contributed by atoms with Gasteiger partial charge in [-0.15, -0.1) is 0 Å². The van der Waals surface area contributed by atoms with Gasteiger partial charge in [0.2, 0.25) is 5.91 Å². The molecule has 8 heteroatoms. The zero-order chi connectivity index (χ0) is 19.7. The van der Waals surface area contributed by atoms with E-state index in [4.69, 9.17) is 11.6 Å². The van der Waals surface area contributed by atoms with Crippen LogP contribution in [0.2, 0.25) is 5.02 Å². The monoisotopic (exact) mass is 417 g/mol. The summed E-state index contributed by atoms with van der Waals surface area (Å²) in [5.41, 5.74) is 1.20. The van der Waals surface area contributed by atoms with E-state index in [9.17, 15) is 14.0 Å². The third-order valence-electron chi connectivity index (χ3n) is 4.75. The third kappa shape index (κ3) is 4.00. The number of hydrogen-bond donors (Lipinski definition) is 1. The van der Waals surface area contributed by atoms with Crippen LogP contribution in [0, 0.1) is 11.7 Å². The Kier molecular flexibility index (Phi) is 5.28. The number of likely N-dealkylation sites (tertiary alicyclic amines) is 1. The molecule has 2 heterocycles. The standard InChI is InChI=1S/C20H17ClFN3O2S/c21-14-5-3-12(4-6-14)19(27)25-9-1-2-13(11-25)18(26)24-20-23-16-8-7-15(22)10-17(16)28-20/h3-8,10,13H,1-2,9,11H2,(H,23,24,26)/t13-/m1/s1. The predicted molar refractivity (Wildman–Crippen MR) is 108 cm³/mol. The van der Waals surface area contributed by atoms with E-state index in [2.05, 4.69) is 10.3 Å². The van der Waals surface area contributed by atoms with E-state index >= 15 is 0 Å². The number of fused-ring (bicyclic) bond motifs is 1. The van der Waals surface area contributed by atoms with Crippen LogP contribution in [0.5, 0.6) is 0 Å². The van der Waals surface area contributed by atoms with Crippen molar-refractivity contribution in [3.8, 4) is 0 Å². The van der Waals surface area contributed by atoms with Gasteiger partial charge in [-0.2, -0.15) is 0 Å². The molecule has 144 valence electrons. The summed E-state index contributed by atoms with van der Waals surface area (Å²) in [4.78, 5) is 31.4. The van der Waals surface area contributed by atoms with Gasteiger partial charge >= 0.3 is 0 Å². The maximum absolute atomic E-state index is 13.3. The summed E-state index contributed by atoms with van der Waals surface area (Å²) in [6.07, 6.45) is 1.46. The first-order valence-electron chi connectivity index (χ1n) is 8.91. The molecule has 0 bridgehead atoms. The Balaban J connectivity index is 1.43. The summed E-state index contributed by atoms with van der Waals surface area (Å²) < 4.78 is 14.0. The summed E-state index contributed by atoms with van der Waals surface area (Å²) in [5, 5.41) is 3.83.